The molecule has 4 nitrogen and oxygen atoms in total. The van der Waals surface area contributed by atoms with Gasteiger partial charge in [-0.1, -0.05) is 12.8 Å². The number of rotatable bonds is 5. The number of fused-ring (bicyclic) bond motifs is 1. The molecule has 21 heavy (non-hydrogen) atoms. The first-order valence-electron chi connectivity index (χ1n) is 8.13. The molecule has 0 radical (unpaired) electrons. The lowest BCUT2D eigenvalue weighted by atomic mass is 9.85. The van der Waals surface area contributed by atoms with Crippen LogP contribution in [0.3, 0.4) is 0 Å². The molecule has 0 bridgehead atoms. The highest BCUT2D eigenvalue weighted by Gasteiger charge is 2.36. The quantitative estimate of drug-likeness (QED) is 0.817. The summed E-state index contributed by atoms with van der Waals surface area (Å²) in [6.45, 7) is 2.21. The van der Waals surface area contributed by atoms with Crippen LogP contribution in [0.15, 0.2) is 24.3 Å². The van der Waals surface area contributed by atoms with Crippen molar-refractivity contribution >= 4 is 5.69 Å². The van der Waals surface area contributed by atoms with Crippen molar-refractivity contribution in [2.45, 2.75) is 44.2 Å². The number of hydrogen-bond acceptors (Lipinski definition) is 4. The van der Waals surface area contributed by atoms with E-state index in [2.05, 4.69) is 4.90 Å². The third-order valence-electron chi connectivity index (χ3n) is 4.89. The van der Waals surface area contributed by atoms with Gasteiger partial charge in [-0.2, -0.15) is 0 Å². The number of benzene rings is 1. The van der Waals surface area contributed by atoms with E-state index in [1.807, 2.05) is 24.3 Å². The van der Waals surface area contributed by atoms with E-state index in [0.29, 0.717) is 12.6 Å². The van der Waals surface area contributed by atoms with E-state index in [9.17, 15) is 5.11 Å². The van der Waals surface area contributed by atoms with Crippen molar-refractivity contribution in [1.29, 1.82) is 0 Å². The molecular formula is C17H26N2O2. The van der Waals surface area contributed by atoms with Crippen LogP contribution in [0.4, 0.5) is 5.69 Å². The molecule has 3 unspecified atom stereocenters. The summed E-state index contributed by atoms with van der Waals surface area (Å²) in [5.74, 6) is 1.63. The number of anilines is 1. The van der Waals surface area contributed by atoms with E-state index in [1.54, 1.807) is 0 Å². The number of likely N-dealkylation sites (tertiary alicyclic amines) is 1. The molecule has 4 heteroatoms. The van der Waals surface area contributed by atoms with Gasteiger partial charge in [0.1, 0.15) is 18.5 Å². The minimum absolute atomic E-state index is 0.345. The molecule has 1 aromatic rings. The number of β-amino-alcohol motifs (C(OH)–C–C–N with tert-alkyl or cyclic N) is 1. The zero-order valence-corrected chi connectivity index (χ0v) is 12.6. The topological polar surface area (TPSA) is 58.7 Å². The maximum atomic E-state index is 10.2. The lowest BCUT2D eigenvalue weighted by Crippen LogP contribution is -2.41. The van der Waals surface area contributed by atoms with E-state index in [4.69, 9.17) is 10.5 Å². The Morgan fingerprint density at radius 3 is 2.76 bits per heavy atom. The van der Waals surface area contributed by atoms with Crippen molar-refractivity contribution in [1.82, 2.24) is 4.90 Å². The third kappa shape index (κ3) is 3.69. The van der Waals surface area contributed by atoms with Crippen LogP contribution >= 0.6 is 0 Å². The highest BCUT2D eigenvalue weighted by Crippen LogP contribution is 2.36. The first-order chi connectivity index (χ1) is 10.2. The number of nitrogens with zero attached hydrogens (tertiary/aromatic N) is 1. The molecule has 1 saturated carbocycles. The van der Waals surface area contributed by atoms with Gasteiger partial charge in [-0.15, -0.1) is 0 Å². The molecule has 1 aromatic carbocycles. The van der Waals surface area contributed by atoms with E-state index < -0.39 is 6.10 Å². The Labute approximate surface area is 126 Å². The van der Waals surface area contributed by atoms with Gasteiger partial charge in [-0.25, -0.2) is 0 Å². The normalized spacial score (nSPS) is 27.3. The second kappa shape index (κ2) is 6.67. The Hall–Kier alpha value is -1.26. The molecule has 116 valence electrons. The molecule has 1 aliphatic heterocycles. The Morgan fingerprint density at radius 2 is 1.95 bits per heavy atom. The molecule has 0 aromatic heterocycles. The van der Waals surface area contributed by atoms with E-state index in [-0.39, 0.29) is 0 Å². The summed E-state index contributed by atoms with van der Waals surface area (Å²) in [4.78, 5) is 2.47. The molecule has 1 heterocycles. The third-order valence-corrected chi connectivity index (χ3v) is 4.89. The van der Waals surface area contributed by atoms with Gasteiger partial charge in [-0.3, -0.25) is 4.90 Å². The van der Waals surface area contributed by atoms with Gasteiger partial charge in [0.2, 0.25) is 0 Å². The fraction of sp³-hybridized carbons (Fsp3) is 0.647. The molecule has 3 N–H and O–H groups in total. The molecule has 1 aliphatic carbocycles. The van der Waals surface area contributed by atoms with E-state index in [1.165, 1.54) is 32.1 Å². The van der Waals surface area contributed by atoms with Crippen LogP contribution in [0.2, 0.25) is 0 Å². The molecule has 3 rings (SSSR count). The first-order valence-corrected chi connectivity index (χ1v) is 8.13. The minimum Gasteiger partial charge on any atom is -0.491 e. The van der Waals surface area contributed by atoms with Crippen LogP contribution < -0.4 is 10.5 Å². The number of hydrogen-bond donors (Lipinski definition) is 2. The number of nitrogens with two attached hydrogens (primary N) is 1. The summed E-state index contributed by atoms with van der Waals surface area (Å²) < 4.78 is 5.64. The Kier molecular flexibility index (Phi) is 4.66. The number of ether oxygens (including phenoxy) is 1. The van der Waals surface area contributed by atoms with Crippen LogP contribution in [-0.4, -0.2) is 41.8 Å². The molecular weight excluding hydrogens is 264 g/mol. The maximum Gasteiger partial charge on any atom is 0.119 e. The van der Waals surface area contributed by atoms with Crippen molar-refractivity contribution in [3.05, 3.63) is 24.3 Å². The average Bonchev–Trinajstić information content (AvgIpc) is 2.90. The summed E-state index contributed by atoms with van der Waals surface area (Å²) in [6, 6.07) is 8.01. The Morgan fingerprint density at radius 1 is 1.19 bits per heavy atom. The summed E-state index contributed by atoms with van der Waals surface area (Å²) >= 11 is 0. The molecule has 2 aliphatic rings. The average molecular weight is 290 g/mol. The summed E-state index contributed by atoms with van der Waals surface area (Å²) in [7, 11) is 0. The summed E-state index contributed by atoms with van der Waals surface area (Å²) in [6.07, 6.45) is 6.28. The van der Waals surface area contributed by atoms with Crippen molar-refractivity contribution in [3.8, 4) is 5.75 Å². The second-order valence-electron chi connectivity index (χ2n) is 6.43. The van der Waals surface area contributed by atoms with Crippen LogP contribution in [0.5, 0.6) is 5.75 Å². The van der Waals surface area contributed by atoms with Gasteiger partial charge in [0.15, 0.2) is 0 Å². The van der Waals surface area contributed by atoms with Gasteiger partial charge in [0.25, 0.3) is 0 Å². The smallest absolute Gasteiger partial charge is 0.119 e. The SMILES string of the molecule is Nc1ccc(OCC(O)CN2CCC3CCCCC32)cc1. The highest BCUT2D eigenvalue weighted by molar-refractivity contribution is 5.41. The second-order valence-corrected chi connectivity index (χ2v) is 6.43. The molecule has 3 atom stereocenters. The number of nitrogen functional groups attached to an aromatic ring is 1. The fourth-order valence-electron chi connectivity index (χ4n) is 3.81. The van der Waals surface area contributed by atoms with Gasteiger partial charge in [0.05, 0.1) is 0 Å². The highest BCUT2D eigenvalue weighted by atomic mass is 16.5. The predicted octanol–water partition coefficient (Wildman–Crippen LogP) is 2.27. The zero-order chi connectivity index (χ0) is 14.7. The van der Waals surface area contributed by atoms with Crippen molar-refractivity contribution in [3.63, 3.8) is 0 Å². The predicted molar refractivity (Wildman–Crippen MR) is 84.3 cm³/mol. The molecule has 1 saturated heterocycles. The molecule has 2 fully saturated rings. The fourth-order valence-corrected chi connectivity index (χ4v) is 3.81. The van der Waals surface area contributed by atoms with E-state index in [0.717, 1.165) is 30.4 Å². The number of aliphatic hydroxyl groups is 1. The van der Waals surface area contributed by atoms with E-state index >= 15 is 0 Å². The van der Waals surface area contributed by atoms with Crippen LogP contribution in [0, 0.1) is 5.92 Å². The maximum absolute atomic E-state index is 10.2. The summed E-state index contributed by atoms with van der Waals surface area (Å²) in [5.41, 5.74) is 6.37. The van der Waals surface area contributed by atoms with Crippen LogP contribution in [0.1, 0.15) is 32.1 Å². The zero-order valence-electron chi connectivity index (χ0n) is 12.6. The molecule has 0 spiro atoms. The van der Waals surface area contributed by atoms with Gasteiger partial charge in [0, 0.05) is 18.3 Å². The Balaban J connectivity index is 1.45. The monoisotopic (exact) mass is 290 g/mol. The number of aliphatic hydroxyl groups excluding tert-OH is 1. The van der Waals surface area contributed by atoms with Crippen LogP contribution in [0.25, 0.3) is 0 Å². The van der Waals surface area contributed by atoms with Gasteiger partial charge in [-0.05, 0) is 56.0 Å². The van der Waals surface area contributed by atoms with Gasteiger partial charge < -0.3 is 15.6 Å². The Bertz CT molecular complexity index is 449. The van der Waals surface area contributed by atoms with Crippen molar-refractivity contribution < 1.29 is 9.84 Å². The first kappa shape index (κ1) is 14.7. The lowest BCUT2D eigenvalue weighted by molar-refractivity contribution is 0.0549. The van der Waals surface area contributed by atoms with Crippen LogP contribution in [-0.2, 0) is 0 Å². The standard InChI is InChI=1S/C17H26N2O2/c18-14-5-7-16(8-6-14)21-12-15(20)11-19-10-9-13-3-1-2-4-17(13)19/h5-8,13,15,17,20H,1-4,9-12,18H2. The van der Waals surface area contributed by atoms with Crippen molar-refractivity contribution in [2.75, 3.05) is 25.4 Å². The summed E-state index contributed by atoms with van der Waals surface area (Å²) in [5, 5.41) is 10.2. The van der Waals surface area contributed by atoms with Gasteiger partial charge >= 0.3 is 0 Å². The van der Waals surface area contributed by atoms with Crippen molar-refractivity contribution in [2.24, 2.45) is 5.92 Å². The molecule has 0 amide bonds. The largest absolute Gasteiger partial charge is 0.491 e. The minimum atomic E-state index is -0.428. The lowest BCUT2D eigenvalue weighted by Gasteiger charge is -2.32.